The number of nitrogens with two attached hydrogens (primary N) is 1. The van der Waals surface area contributed by atoms with Crippen LogP contribution >= 0.6 is 23.4 Å². The summed E-state index contributed by atoms with van der Waals surface area (Å²) < 4.78 is 22.6. The first-order valence-corrected chi connectivity index (χ1v) is 12.3. The normalized spacial score (nSPS) is 16.2. The van der Waals surface area contributed by atoms with Crippen molar-refractivity contribution in [1.82, 2.24) is 5.32 Å². The maximum Gasteiger partial charge on any atom is 0.238 e. The van der Waals surface area contributed by atoms with Gasteiger partial charge < -0.3 is 10.6 Å². The number of ketones is 1. The molecule has 1 aliphatic rings. The Morgan fingerprint density at radius 3 is 2.34 bits per heavy atom. The molecular weight excluding hydrogens is 472 g/mol. The van der Waals surface area contributed by atoms with Crippen molar-refractivity contribution in [2.45, 2.75) is 24.8 Å². The van der Waals surface area contributed by atoms with Gasteiger partial charge in [-0.3, -0.25) is 9.59 Å². The highest BCUT2D eigenvalue weighted by Crippen LogP contribution is 2.33. The Kier molecular flexibility index (Phi) is 7.40. The van der Waals surface area contributed by atoms with Gasteiger partial charge in [0.15, 0.2) is 11.0 Å². The van der Waals surface area contributed by atoms with Crippen molar-refractivity contribution in [3.05, 3.63) is 70.4 Å². The van der Waals surface area contributed by atoms with Crippen molar-refractivity contribution < 1.29 is 18.0 Å². The molecular formula is C21H21ClN4O4S2. The Labute approximate surface area is 195 Å². The molecule has 0 spiro atoms. The Bertz CT molecular complexity index is 1210. The van der Waals surface area contributed by atoms with E-state index in [1.807, 2.05) is 12.1 Å². The lowest BCUT2D eigenvalue weighted by Gasteiger charge is -2.25. The molecule has 0 radical (unpaired) electrons. The molecule has 168 valence electrons. The minimum Gasteiger partial charge on any atom is -0.338 e. The molecule has 0 aliphatic carbocycles. The van der Waals surface area contributed by atoms with E-state index in [9.17, 15) is 18.0 Å². The summed E-state index contributed by atoms with van der Waals surface area (Å²) in [5.74, 6) is -0.341. The van der Waals surface area contributed by atoms with Gasteiger partial charge in [-0.15, -0.1) is 0 Å². The van der Waals surface area contributed by atoms with Crippen molar-refractivity contribution in [3.63, 3.8) is 0 Å². The lowest BCUT2D eigenvalue weighted by molar-refractivity contribution is -0.114. The van der Waals surface area contributed by atoms with Crippen LogP contribution in [0, 0.1) is 0 Å². The Balaban J connectivity index is 1.70. The first-order chi connectivity index (χ1) is 15.0. The fourth-order valence-corrected chi connectivity index (χ4v) is 4.51. The van der Waals surface area contributed by atoms with Crippen molar-refractivity contribution >= 4 is 55.9 Å². The van der Waals surface area contributed by atoms with Gasteiger partial charge in [-0.05, 0) is 55.8 Å². The number of hydrogen-bond donors (Lipinski definition) is 3. The number of sulfonamides is 1. The Morgan fingerprint density at radius 1 is 1.16 bits per heavy atom. The highest BCUT2D eigenvalue weighted by molar-refractivity contribution is 8.14. The summed E-state index contributed by atoms with van der Waals surface area (Å²) in [7, 11) is -3.80. The number of halogens is 1. The standard InChI is InChI=1S/C21H21ClN4O4S2/c1-12-19(13(2)27)20(14-3-5-15(22)6-4-14)26-21(24-12)31-11-18(28)25-16-7-9-17(10-8-16)32(23,29)30/h3-10,20H,11H2,1-2H3,(H,24,26)(H,25,28)(H2,23,29,30). The second kappa shape index (κ2) is 9.86. The number of carbonyl (C=O) groups is 2. The largest absolute Gasteiger partial charge is 0.338 e. The summed E-state index contributed by atoms with van der Waals surface area (Å²) in [5, 5.41) is 11.9. The monoisotopic (exact) mass is 492 g/mol. The molecule has 0 aromatic heterocycles. The van der Waals surface area contributed by atoms with E-state index in [4.69, 9.17) is 16.7 Å². The molecule has 1 atom stereocenters. The van der Waals surface area contributed by atoms with E-state index in [0.29, 0.717) is 27.1 Å². The maximum atomic E-state index is 12.3. The number of hydrogen-bond acceptors (Lipinski definition) is 7. The third-order valence-electron chi connectivity index (χ3n) is 4.59. The molecule has 0 fully saturated rings. The summed E-state index contributed by atoms with van der Waals surface area (Å²) in [5.41, 5.74) is 2.48. The summed E-state index contributed by atoms with van der Waals surface area (Å²) in [6.07, 6.45) is 0. The first-order valence-electron chi connectivity index (χ1n) is 9.42. The van der Waals surface area contributed by atoms with Gasteiger partial charge in [0.25, 0.3) is 0 Å². The molecule has 32 heavy (non-hydrogen) atoms. The van der Waals surface area contributed by atoms with Gasteiger partial charge in [-0.1, -0.05) is 35.5 Å². The number of primary sulfonamides is 1. The average Bonchev–Trinajstić information content (AvgIpc) is 2.72. The molecule has 0 bridgehead atoms. The molecule has 11 heteroatoms. The number of carbonyl (C=O) groups excluding carboxylic acids is 2. The molecule has 3 rings (SSSR count). The van der Waals surface area contributed by atoms with E-state index < -0.39 is 16.1 Å². The summed E-state index contributed by atoms with van der Waals surface area (Å²) in [4.78, 5) is 29.2. The number of aliphatic imine (C=N–C) groups is 1. The molecule has 2 aromatic carbocycles. The van der Waals surface area contributed by atoms with Crippen LogP contribution in [-0.4, -0.2) is 31.0 Å². The number of amides is 1. The molecule has 1 aliphatic heterocycles. The number of rotatable bonds is 6. The number of amidine groups is 1. The predicted molar refractivity (Wildman–Crippen MR) is 127 cm³/mol. The smallest absolute Gasteiger partial charge is 0.238 e. The van der Waals surface area contributed by atoms with Crippen LogP contribution in [0.2, 0.25) is 5.02 Å². The average molecular weight is 493 g/mol. The van der Waals surface area contributed by atoms with E-state index >= 15 is 0 Å². The number of anilines is 1. The molecule has 1 amide bonds. The molecule has 4 N–H and O–H groups in total. The van der Waals surface area contributed by atoms with E-state index in [1.54, 1.807) is 19.1 Å². The second-order valence-electron chi connectivity index (χ2n) is 7.01. The fraction of sp³-hybridized carbons (Fsp3) is 0.190. The van der Waals surface area contributed by atoms with Gasteiger partial charge in [0, 0.05) is 22.0 Å². The van der Waals surface area contributed by atoms with Crippen molar-refractivity contribution in [3.8, 4) is 0 Å². The van der Waals surface area contributed by atoms with E-state index in [2.05, 4.69) is 15.6 Å². The number of benzene rings is 2. The zero-order chi connectivity index (χ0) is 23.5. The zero-order valence-corrected chi connectivity index (χ0v) is 19.6. The van der Waals surface area contributed by atoms with Crippen LogP contribution in [0.5, 0.6) is 0 Å². The van der Waals surface area contributed by atoms with Crippen LogP contribution in [0.1, 0.15) is 25.5 Å². The third-order valence-corrected chi connectivity index (χ3v) is 6.66. The van der Waals surface area contributed by atoms with Gasteiger partial charge in [0.2, 0.25) is 15.9 Å². The third kappa shape index (κ3) is 5.98. The number of allylic oxidation sites excluding steroid dienone is 1. The summed E-state index contributed by atoms with van der Waals surface area (Å²) in [6, 6.07) is 12.2. The minimum atomic E-state index is -3.80. The van der Waals surface area contributed by atoms with Crippen molar-refractivity contribution in [1.29, 1.82) is 0 Å². The number of nitrogens with one attached hydrogen (secondary N) is 2. The lowest BCUT2D eigenvalue weighted by Crippen LogP contribution is -2.30. The van der Waals surface area contributed by atoms with Crippen LogP contribution < -0.4 is 15.8 Å². The van der Waals surface area contributed by atoms with Crippen LogP contribution in [0.15, 0.2) is 69.7 Å². The molecule has 0 saturated carbocycles. The van der Waals surface area contributed by atoms with Crippen molar-refractivity contribution in [2.75, 3.05) is 11.1 Å². The van der Waals surface area contributed by atoms with Crippen LogP contribution in [0.3, 0.4) is 0 Å². The SMILES string of the molecule is CC(=O)C1=C(C)NC(SCC(=O)Nc2ccc(S(N)(=O)=O)cc2)=NC1c1ccc(Cl)cc1. The van der Waals surface area contributed by atoms with Gasteiger partial charge >= 0.3 is 0 Å². The summed E-state index contributed by atoms with van der Waals surface area (Å²) in [6.45, 7) is 3.29. The lowest BCUT2D eigenvalue weighted by atomic mass is 9.94. The fourth-order valence-electron chi connectivity index (χ4n) is 3.12. The minimum absolute atomic E-state index is 0.0394. The summed E-state index contributed by atoms with van der Waals surface area (Å²) >= 11 is 7.17. The topological polar surface area (TPSA) is 131 Å². The highest BCUT2D eigenvalue weighted by atomic mass is 35.5. The van der Waals surface area contributed by atoms with Gasteiger partial charge in [0.1, 0.15) is 6.04 Å². The van der Waals surface area contributed by atoms with Crippen LogP contribution in [-0.2, 0) is 19.6 Å². The van der Waals surface area contributed by atoms with Gasteiger partial charge in [0.05, 0.1) is 10.6 Å². The molecule has 2 aromatic rings. The zero-order valence-electron chi connectivity index (χ0n) is 17.3. The number of thioether (sulfide) groups is 1. The van der Waals surface area contributed by atoms with Crippen LogP contribution in [0.4, 0.5) is 5.69 Å². The molecule has 1 heterocycles. The number of nitrogens with zero attached hydrogens (tertiary/aromatic N) is 1. The predicted octanol–water partition coefficient (Wildman–Crippen LogP) is 3.22. The quantitative estimate of drug-likeness (QED) is 0.567. The maximum absolute atomic E-state index is 12.3. The Hall–Kier alpha value is -2.66. The Morgan fingerprint density at radius 2 is 1.78 bits per heavy atom. The van der Waals surface area contributed by atoms with Crippen LogP contribution in [0.25, 0.3) is 0 Å². The van der Waals surface area contributed by atoms with E-state index in [-0.39, 0.29) is 22.3 Å². The van der Waals surface area contributed by atoms with E-state index in [0.717, 1.165) is 5.56 Å². The van der Waals surface area contributed by atoms with Gasteiger partial charge in [-0.25, -0.2) is 18.5 Å². The molecule has 1 unspecified atom stereocenters. The first kappa shape index (κ1) is 24.0. The molecule has 8 nitrogen and oxygen atoms in total. The van der Waals surface area contributed by atoms with Gasteiger partial charge in [-0.2, -0.15) is 0 Å². The molecule has 0 saturated heterocycles. The van der Waals surface area contributed by atoms with E-state index in [1.165, 1.54) is 43.0 Å². The second-order valence-corrected chi connectivity index (χ2v) is 9.98. The highest BCUT2D eigenvalue weighted by Gasteiger charge is 2.27. The number of Topliss-reactive ketones (excluding diaryl/α,β-unsaturated/α-hetero) is 1. The van der Waals surface area contributed by atoms with Crippen molar-refractivity contribution in [2.24, 2.45) is 10.1 Å².